The Bertz CT molecular complexity index is 461. The van der Waals surface area contributed by atoms with Gasteiger partial charge in [-0.05, 0) is 48.4 Å². The van der Waals surface area contributed by atoms with Crippen molar-refractivity contribution >= 4 is 21.8 Å². The van der Waals surface area contributed by atoms with Gasteiger partial charge in [0.1, 0.15) is 0 Å². The second kappa shape index (κ2) is 6.30. The standard InChI is InChI=1S/C17H24BrNO/c1-17(2,3)14-6-4-5-7-15(14)19-16(20)12-8-10-13(18)11-9-12/h8-11,14-15H,4-7H2,1-3H3,(H,19,20). The number of nitrogens with one attached hydrogen (secondary N) is 1. The fourth-order valence-corrected chi connectivity index (χ4v) is 3.46. The van der Waals surface area contributed by atoms with E-state index in [1.54, 1.807) is 0 Å². The highest BCUT2D eigenvalue weighted by Gasteiger charge is 2.34. The van der Waals surface area contributed by atoms with Crippen molar-refractivity contribution in [2.24, 2.45) is 11.3 Å². The number of benzene rings is 1. The third kappa shape index (κ3) is 3.85. The molecule has 1 fully saturated rings. The van der Waals surface area contributed by atoms with Crippen LogP contribution in [-0.2, 0) is 0 Å². The number of rotatable bonds is 2. The molecule has 1 N–H and O–H groups in total. The SMILES string of the molecule is CC(C)(C)C1CCCCC1NC(=O)c1ccc(Br)cc1. The van der Waals surface area contributed by atoms with E-state index in [2.05, 4.69) is 42.0 Å². The molecule has 110 valence electrons. The predicted molar refractivity (Wildman–Crippen MR) is 86.8 cm³/mol. The minimum atomic E-state index is 0.0543. The van der Waals surface area contributed by atoms with E-state index in [1.165, 1.54) is 19.3 Å². The van der Waals surface area contributed by atoms with Crippen molar-refractivity contribution in [3.63, 3.8) is 0 Å². The largest absolute Gasteiger partial charge is 0.349 e. The summed E-state index contributed by atoms with van der Waals surface area (Å²) in [4.78, 5) is 12.4. The summed E-state index contributed by atoms with van der Waals surface area (Å²) in [5.41, 5.74) is 0.990. The number of hydrogen-bond acceptors (Lipinski definition) is 1. The molecule has 0 heterocycles. The van der Waals surface area contributed by atoms with E-state index in [0.717, 1.165) is 16.5 Å². The quantitative estimate of drug-likeness (QED) is 0.826. The van der Waals surface area contributed by atoms with Crippen LogP contribution in [0.5, 0.6) is 0 Å². The Labute approximate surface area is 130 Å². The van der Waals surface area contributed by atoms with Gasteiger partial charge in [0.25, 0.3) is 5.91 Å². The molecule has 2 atom stereocenters. The second-order valence-electron chi connectivity index (χ2n) is 6.84. The lowest BCUT2D eigenvalue weighted by atomic mass is 9.69. The van der Waals surface area contributed by atoms with E-state index in [4.69, 9.17) is 0 Å². The van der Waals surface area contributed by atoms with Gasteiger partial charge in [-0.2, -0.15) is 0 Å². The molecule has 1 aliphatic rings. The maximum absolute atomic E-state index is 12.4. The highest BCUT2D eigenvalue weighted by molar-refractivity contribution is 9.10. The summed E-state index contributed by atoms with van der Waals surface area (Å²) in [6.45, 7) is 6.84. The molecular weight excluding hydrogens is 314 g/mol. The van der Waals surface area contributed by atoms with E-state index >= 15 is 0 Å². The third-order valence-electron chi connectivity index (χ3n) is 4.30. The van der Waals surface area contributed by atoms with Crippen LogP contribution in [0.15, 0.2) is 28.7 Å². The lowest BCUT2D eigenvalue weighted by molar-refractivity contribution is 0.0830. The minimum Gasteiger partial charge on any atom is -0.349 e. The molecule has 1 saturated carbocycles. The zero-order chi connectivity index (χ0) is 14.8. The fraction of sp³-hybridized carbons (Fsp3) is 0.588. The molecule has 1 aliphatic carbocycles. The number of amides is 1. The molecule has 0 saturated heterocycles. The van der Waals surface area contributed by atoms with Crippen LogP contribution in [0.3, 0.4) is 0 Å². The van der Waals surface area contributed by atoms with Crippen molar-refractivity contribution in [1.29, 1.82) is 0 Å². The highest BCUT2D eigenvalue weighted by atomic mass is 79.9. The first kappa shape index (κ1) is 15.6. The van der Waals surface area contributed by atoms with Gasteiger partial charge in [-0.15, -0.1) is 0 Å². The Hall–Kier alpha value is -0.830. The van der Waals surface area contributed by atoms with Crippen LogP contribution in [0.2, 0.25) is 0 Å². The first-order valence-electron chi connectivity index (χ1n) is 7.44. The fourth-order valence-electron chi connectivity index (χ4n) is 3.19. The number of hydrogen-bond donors (Lipinski definition) is 1. The van der Waals surface area contributed by atoms with Crippen LogP contribution in [-0.4, -0.2) is 11.9 Å². The average molecular weight is 338 g/mol. The number of halogens is 1. The molecule has 2 unspecified atom stereocenters. The van der Waals surface area contributed by atoms with E-state index in [1.807, 2.05) is 24.3 Å². The summed E-state index contributed by atoms with van der Waals surface area (Å²) >= 11 is 3.40. The molecule has 1 amide bonds. The molecule has 20 heavy (non-hydrogen) atoms. The van der Waals surface area contributed by atoms with Crippen molar-refractivity contribution in [3.8, 4) is 0 Å². The maximum Gasteiger partial charge on any atom is 0.251 e. The molecule has 2 rings (SSSR count). The average Bonchev–Trinajstić information content (AvgIpc) is 2.38. The summed E-state index contributed by atoms with van der Waals surface area (Å²) in [5, 5.41) is 3.26. The van der Waals surface area contributed by atoms with Crippen molar-refractivity contribution in [2.75, 3.05) is 0 Å². The van der Waals surface area contributed by atoms with Crippen LogP contribution in [0, 0.1) is 11.3 Å². The molecule has 0 radical (unpaired) electrons. The van der Waals surface area contributed by atoms with Crippen molar-refractivity contribution < 1.29 is 4.79 Å². The van der Waals surface area contributed by atoms with Gasteiger partial charge in [0, 0.05) is 16.1 Å². The van der Waals surface area contributed by atoms with E-state index in [0.29, 0.717) is 12.0 Å². The maximum atomic E-state index is 12.4. The van der Waals surface area contributed by atoms with E-state index in [9.17, 15) is 4.79 Å². The molecule has 0 aliphatic heterocycles. The molecule has 0 aromatic heterocycles. The zero-order valence-corrected chi connectivity index (χ0v) is 14.2. The summed E-state index contributed by atoms with van der Waals surface area (Å²) in [7, 11) is 0. The molecular formula is C17H24BrNO. The molecule has 1 aromatic rings. The zero-order valence-electron chi connectivity index (χ0n) is 12.6. The summed E-state index contributed by atoms with van der Waals surface area (Å²) in [5.74, 6) is 0.620. The first-order chi connectivity index (χ1) is 9.38. The van der Waals surface area contributed by atoms with Crippen LogP contribution in [0.1, 0.15) is 56.8 Å². The Kier molecular flexibility index (Phi) is 4.90. The molecule has 2 nitrogen and oxygen atoms in total. The monoisotopic (exact) mass is 337 g/mol. The van der Waals surface area contributed by atoms with Crippen LogP contribution >= 0.6 is 15.9 Å². The van der Waals surface area contributed by atoms with Crippen LogP contribution < -0.4 is 5.32 Å². The normalized spacial score (nSPS) is 23.4. The van der Waals surface area contributed by atoms with Gasteiger partial charge in [-0.25, -0.2) is 0 Å². The van der Waals surface area contributed by atoms with Crippen LogP contribution in [0.4, 0.5) is 0 Å². The van der Waals surface area contributed by atoms with Crippen molar-refractivity contribution in [1.82, 2.24) is 5.32 Å². The van der Waals surface area contributed by atoms with E-state index in [-0.39, 0.29) is 11.3 Å². The Morgan fingerprint density at radius 2 is 1.75 bits per heavy atom. The lowest BCUT2D eigenvalue weighted by Gasteiger charge is -2.40. The van der Waals surface area contributed by atoms with Gasteiger partial charge in [-0.3, -0.25) is 4.79 Å². The topological polar surface area (TPSA) is 29.1 Å². The molecule has 0 spiro atoms. The lowest BCUT2D eigenvalue weighted by Crippen LogP contribution is -2.46. The minimum absolute atomic E-state index is 0.0543. The van der Waals surface area contributed by atoms with E-state index < -0.39 is 0 Å². The number of carbonyl (C=O) groups is 1. The first-order valence-corrected chi connectivity index (χ1v) is 8.23. The van der Waals surface area contributed by atoms with Crippen molar-refractivity contribution in [2.45, 2.75) is 52.5 Å². The predicted octanol–water partition coefficient (Wildman–Crippen LogP) is 4.78. The summed E-state index contributed by atoms with van der Waals surface area (Å²) in [6.07, 6.45) is 4.82. The summed E-state index contributed by atoms with van der Waals surface area (Å²) in [6, 6.07) is 7.87. The Morgan fingerprint density at radius 1 is 1.15 bits per heavy atom. The highest BCUT2D eigenvalue weighted by Crippen LogP contribution is 2.38. The second-order valence-corrected chi connectivity index (χ2v) is 7.76. The molecule has 0 bridgehead atoms. The summed E-state index contributed by atoms with van der Waals surface area (Å²) < 4.78 is 0.999. The Morgan fingerprint density at radius 3 is 2.35 bits per heavy atom. The smallest absolute Gasteiger partial charge is 0.251 e. The third-order valence-corrected chi connectivity index (χ3v) is 4.83. The Balaban J connectivity index is 2.07. The van der Waals surface area contributed by atoms with Gasteiger partial charge >= 0.3 is 0 Å². The van der Waals surface area contributed by atoms with Crippen molar-refractivity contribution in [3.05, 3.63) is 34.3 Å². The van der Waals surface area contributed by atoms with Gasteiger partial charge < -0.3 is 5.32 Å². The molecule has 1 aromatic carbocycles. The number of carbonyl (C=O) groups excluding carboxylic acids is 1. The van der Waals surface area contributed by atoms with Gasteiger partial charge in [0.15, 0.2) is 0 Å². The van der Waals surface area contributed by atoms with Crippen LogP contribution in [0.25, 0.3) is 0 Å². The molecule has 3 heteroatoms. The van der Waals surface area contributed by atoms with Gasteiger partial charge in [-0.1, -0.05) is 49.5 Å². The van der Waals surface area contributed by atoms with Gasteiger partial charge in [0.05, 0.1) is 0 Å². The van der Waals surface area contributed by atoms with Gasteiger partial charge in [0.2, 0.25) is 0 Å².